The van der Waals surface area contributed by atoms with E-state index in [4.69, 9.17) is 16.3 Å². The van der Waals surface area contributed by atoms with E-state index in [0.29, 0.717) is 26.0 Å². The van der Waals surface area contributed by atoms with Crippen LogP contribution in [-0.4, -0.2) is 139 Å². The van der Waals surface area contributed by atoms with Crippen molar-refractivity contribution in [2.24, 2.45) is 5.41 Å². The number of anilines is 3. The molecule has 8 rings (SSSR count). The van der Waals surface area contributed by atoms with Gasteiger partial charge in [-0.2, -0.15) is 0 Å². The van der Waals surface area contributed by atoms with E-state index in [1.165, 1.54) is 45.8 Å². The van der Waals surface area contributed by atoms with Crippen molar-refractivity contribution in [3.05, 3.63) is 65.9 Å². The molecule has 0 bridgehead atoms. The number of amides is 2. The zero-order chi connectivity index (χ0) is 40.3. The molecular formula is C44H60Cl2N8O4S. The van der Waals surface area contributed by atoms with Crippen molar-refractivity contribution in [1.29, 1.82) is 0 Å². The first kappa shape index (κ1) is 45.1. The highest BCUT2D eigenvalue weighted by molar-refractivity contribution is 7.99. The monoisotopic (exact) mass is 866 g/mol. The summed E-state index contributed by atoms with van der Waals surface area (Å²) in [6, 6.07) is 16.6. The van der Waals surface area contributed by atoms with E-state index in [-0.39, 0.29) is 35.6 Å². The summed E-state index contributed by atoms with van der Waals surface area (Å²) in [5.41, 5.74) is 2.49. The molecule has 4 fully saturated rings. The van der Waals surface area contributed by atoms with Gasteiger partial charge in [0.25, 0.3) is 0 Å². The number of esters is 1. The molecule has 1 aromatic heterocycles. The molecule has 1 spiro atoms. The number of hydrogen-bond donors (Lipinski definition) is 0. The summed E-state index contributed by atoms with van der Waals surface area (Å²) >= 11 is 8.13. The van der Waals surface area contributed by atoms with Gasteiger partial charge >= 0.3 is 5.97 Å². The molecule has 5 heterocycles. The third-order valence-corrected chi connectivity index (χ3v) is 13.6. The fraction of sp³-hybridized carbons (Fsp3) is 0.568. The summed E-state index contributed by atoms with van der Waals surface area (Å²) in [6.45, 7) is 14.5. The van der Waals surface area contributed by atoms with Crippen LogP contribution in [0.3, 0.4) is 0 Å². The average Bonchev–Trinajstić information content (AvgIpc) is 3.68. The highest BCUT2D eigenvalue weighted by Crippen LogP contribution is 2.49. The summed E-state index contributed by atoms with van der Waals surface area (Å²) in [4.78, 5) is 60.7. The molecule has 2 amide bonds. The molecule has 15 heteroatoms. The number of piperazine rings is 2. The van der Waals surface area contributed by atoms with Gasteiger partial charge in [0.2, 0.25) is 17.8 Å². The lowest BCUT2D eigenvalue weighted by Gasteiger charge is -2.37. The molecule has 59 heavy (non-hydrogen) atoms. The van der Waals surface area contributed by atoms with Gasteiger partial charge in [-0.15, -0.1) is 12.4 Å². The first-order valence-corrected chi connectivity index (χ1v) is 22.4. The minimum atomic E-state index is -0.200. The Morgan fingerprint density at radius 2 is 1.29 bits per heavy atom. The highest BCUT2D eigenvalue weighted by atomic mass is 35.5. The van der Waals surface area contributed by atoms with E-state index >= 15 is 0 Å². The maximum atomic E-state index is 12.5. The topological polar surface area (TPSA) is 106 Å². The fourth-order valence-corrected chi connectivity index (χ4v) is 10.3. The zero-order valence-electron chi connectivity index (χ0n) is 34.4. The molecule has 12 nitrogen and oxygen atoms in total. The maximum absolute atomic E-state index is 12.5. The lowest BCUT2D eigenvalue weighted by atomic mass is 9.76. The number of ether oxygens (including phenoxy) is 1. The second-order valence-corrected chi connectivity index (χ2v) is 17.8. The van der Waals surface area contributed by atoms with Gasteiger partial charge in [0.05, 0.1) is 11.4 Å². The predicted molar refractivity (Wildman–Crippen MR) is 237 cm³/mol. The summed E-state index contributed by atoms with van der Waals surface area (Å²) in [7, 11) is 0. The number of rotatable bonds is 13. The van der Waals surface area contributed by atoms with Crippen molar-refractivity contribution in [2.45, 2.75) is 74.5 Å². The number of benzene rings is 2. The highest BCUT2D eigenvalue weighted by Gasteiger charge is 2.44. The summed E-state index contributed by atoms with van der Waals surface area (Å²) in [5.74, 6) is 0.739. The lowest BCUT2D eigenvalue weighted by Crippen LogP contribution is -2.48. The Labute approximate surface area is 365 Å². The van der Waals surface area contributed by atoms with Crippen LogP contribution in [0.5, 0.6) is 0 Å². The van der Waals surface area contributed by atoms with Gasteiger partial charge in [0, 0.05) is 119 Å². The maximum Gasteiger partial charge on any atom is 0.302 e. The van der Waals surface area contributed by atoms with Crippen LogP contribution in [-0.2, 0) is 19.1 Å². The van der Waals surface area contributed by atoms with Gasteiger partial charge in [-0.05, 0) is 87.0 Å². The first-order chi connectivity index (χ1) is 28.2. The number of carbonyl (C=O) groups excluding carboxylic acids is 3. The van der Waals surface area contributed by atoms with Crippen molar-refractivity contribution >= 4 is 70.9 Å². The number of nitrogens with zero attached hydrogens (tertiary/aromatic N) is 8. The Balaban J connectivity index is 0.000000195. The summed E-state index contributed by atoms with van der Waals surface area (Å²) in [5, 5.41) is 0.781. The van der Waals surface area contributed by atoms with Crippen LogP contribution >= 0.6 is 35.8 Å². The molecule has 5 aliphatic rings. The van der Waals surface area contributed by atoms with E-state index in [9.17, 15) is 14.4 Å². The van der Waals surface area contributed by atoms with Crippen LogP contribution in [0.25, 0.3) is 0 Å². The number of imide groups is 1. The number of piperidine rings is 1. The Kier molecular flexibility index (Phi) is 16.7. The van der Waals surface area contributed by atoms with Gasteiger partial charge in [-0.3, -0.25) is 29.1 Å². The van der Waals surface area contributed by atoms with E-state index in [0.717, 1.165) is 122 Å². The van der Waals surface area contributed by atoms with E-state index in [1.54, 1.807) is 12.4 Å². The molecule has 4 aliphatic heterocycles. The Hall–Kier alpha value is -3.46. The SMILES string of the molecule is CC(=O)OCCN1CCN(CCCN2c3ccccc3Sc3ccc(Cl)cc32)CC1.Cl.O=C1CC2(CCCC2)CC(=O)N1CCCCN1CCN(c2ncccn2)CC1. The molecule has 0 unspecified atom stereocenters. The van der Waals surface area contributed by atoms with Crippen molar-refractivity contribution in [3.8, 4) is 0 Å². The molecule has 3 aromatic rings. The Bertz CT molecular complexity index is 1820. The molecule has 320 valence electrons. The number of para-hydroxylation sites is 1. The number of halogens is 2. The van der Waals surface area contributed by atoms with Crippen LogP contribution in [0.1, 0.15) is 64.7 Å². The molecule has 1 aliphatic carbocycles. The lowest BCUT2D eigenvalue weighted by molar-refractivity contribution is -0.153. The fourth-order valence-electron chi connectivity index (χ4n) is 9.04. The van der Waals surface area contributed by atoms with Crippen LogP contribution in [0, 0.1) is 5.41 Å². The minimum absolute atomic E-state index is 0. The molecule has 0 N–H and O–H groups in total. The van der Waals surface area contributed by atoms with Crippen molar-refractivity contribution in [2.75, 3.05) is 101 Å². The van der Waals surface area contributed by atoms with Gasteiger partial charge in [-0.1, -0.05) is 48.3 Å². The number of hydrogen-bond acceptors (Lipinski definition) is 12. The Morgan fingerprint density at radius 1 is 0.712 bits per heavy atom. The first-order valence-electron chi connectivity index (χ1n) is 21.2. The molecule has 2 aromatic carbocycles. The molecule has 3 saturated heterocycles. The van der Waals surface area contributed by atoms with E-state index < -0.39 is 0 Å². The summed E-state index contributed by atoms with van der Waals surface area (Å²) in [6.07, 6.45) is 12.2. The zero-order valence-corrected chi connectivity index (χ0v) is 36.8. The van der Waals surface area contributed by atoms with Gasteiger partial charge < -0.3 is 19.4 Å². The second kappa shape index (κ2) is 21.9. The predicted octanol–water partition coefficient (Wildman–Crippen LogP) is 7.02. The molecular weight excluding hydrogens is 808 g/mol. The number of unbranched alkanes of at least 4 members (excludes halogenated alkanes) is 1. The molecule has 1 saturated carbocycles. The van der Waals surface area contributed by atoms with Crippen molar-refractivity contribution < 1.29 is 19.1 Å². The third kappa shape index (κ3) is 12.3. The largest absolute Gasteiger partial charge is 0.465 e. The molecule has 0 radical (unpaired) electrons. The van der Waals surface area contributed by atoms with Crippen LogP contribution in [0.2, 0.25) is 5.02 Å². The van der Waals surface area contributed by atoms with E-state index in [1.807, 2.05) is 23.9 Å². The Morgan fingerprint density at radius 3 is 1.97 bits per heavy atom. The van der Waals surface area contributed by atoms with Gasteiger partial charge in [0.15, 0.2) is 0 Å². The second-order valence-electron chi connectivity index (χ2n) is 16.3. The standard InChI is InChI=1S/C23H28ClN3O2S.C21H31N5O2.ClH/c1-18(28)29-16-15-26-13-11-25(12-14-26)9-4-10-27-20-5-2-3-6-22(20)30-23-8-7-19(24)17-21(23)27;27-18-16-21(6-1-2-7-21)17-19(28)26(18)11-4-3-10-24-12-14-25(15-13-24)20-22-8-5-9-23-20;/h2-3,5-8,17H,4,9-16H2,1H3;5,8-9H,1-4,6-7,10-17H2;1H. The molecule has 0 atom stereocenters. The minimum Gasteiger partial charge on any atom is -0.465 e. The van der Waals surface area contributed by atoms with Crippen LogP contribution in [0.15, 0.2) is 70.7 Å². The van der Waals surface area contributed by atoms with Crippen molar-refractivity contribution in [3.63, 3.8) is 0 Å². The smallest absolute Gasteiger partial charge is 0.302 e. The average molecular weight is 868 g/mol. The van der Waals surface area contributed by atoms with E-state index in [2.05, 4.69) is 70.9 Å². The van der Waals surface area contributed by atoms with Crippen LogP contribution < -0.4 is 9.80 Å². The number of carbonyl (C=O) groups is 3. The van der Waals surface area contributed by atoms with Gasteiger partial charge in [-0.25, -0.2) is 9.97 Å². The quantitative estimate of drug-likeness (QED) is 0.100. The van der Waals surface area contributed by atoms with Crippen molar-refractivity contribution in [1.82, 2.24) is 29.6 Å². The third-order valence-electron chi connectivity index (χ3n) is 12.3. The number of aromatic nitrogens is 2. The summed E-state index contributed by atoms with van der Waals surface area (Å²) < 4.78 is 5.06. The number of fused-ring (bicyclic) bond motifs is 2. The van der Waals surface area contributed by atoms with Crippen LogP contribution in [0.4, 0.5) is 17.3 Å². The normalized spacial score (nSPS) is 19.5. The van der Waals surface area contributed by atoms with Gasteiger partial charge in [0.1, 0.15) is 6.61 Å². The number of likely N-dealkylation sites (tertiary alicyclic amines) is 1.